The predicted molar refractivity (Wildman–Crippen MR) is 116 cm³/mol. The highest BCUT2D eigenvalue weighted by atomic mass is 16.2. The first-order valence-electron chi connectivity index (χ1n) is 10.8. The van der Waals surface area contributed by atoms with Crippen molar-refractivity contribution in [1.82, 2.24) is 10.2 Å². The molecule has 154 valence electrons. The predicted octanol–water partition coefficient (Wildman–Crippen LogP) is 4.72. The summed E-state index contributed by atoms with van der Waals surface area (Å²) in [5.41, 5.74) is 2.27. The summed E-state index contributed by atoms with van der Waals surface area (Å²) in [7, 11) is 0. The van der Waals surface area contributed by atoms with Crippen molar-refractivity contribution in [3.05, 3.63) is 71.8 Å². The number of hydrogen-bond acceptors (Lipinski definition) is 2. The summed E-state index contributed by atoms with van der Waals surface area (Å²) in [4.78, 5) is 27.6. The first-order chi connectivity index (χ1) is 14.1. The van der Waals surface area contributed by atoms with E-state index >= 15 is 0 Å². The lowest BCUT2D eigenvalue weighted by molar-refractivity contribution is -0.138. The van der Waals surface area contributed by atoms with Gasteiger partial charge in [0.05, 0.1) is 6.04 Å². The molecule has 1 saturated carbocycles. The van der Waals surface area contributed by atoms with Crippen molar-refractivity contribution in [2.75, 3.05) is 6.54 Å². The summed E-state index contributed by atoms with van der Waals surface area (Å²) < 4.78 is 0. The van der Waals surface area contributed by atoms with Gasteiger partial charge in [-0.1, -0.05) is 60.7 Å². The van der Waals surface area contributed by atoms with Crippen LogP contribution in [0.5, 0.6) is 0 Å². The van der Waals surface area contributed by atoms with Gasteiger partial charge in [0.2, 0.25) is 11.8 Å². The summed E-state index contributed by atoms with van der Waals surface area (Å²) in [5, 5.41) is 3.14. The van der Waals surface area contributed by atoms with Crippen molar-refractivity contribution in [2.45, 2.75) is 52.1 Å². The second-order valence-electron chi connectivity index (χ2n) is 8.03. The third-order valence-electron chi connectivity index (χ3n) is 6.02. The molecule has 2 amide bonds. The molecule has 4 nitrogen and oxygen atoms in total. The van der Waals surface area contributed by atoms with Crippen molar-refractivity contribution in [1.29, 1.82) is 0 Å². The molecule has 4 heteroatoms. The quantitative estimate of drug-likeness (QED) is 0.741. The third-order valence-corrected chi connectivity index (χ3v) is 6.02. The Morgan fingerprint density at radius 3 is 2.07 bits per heavy atom. The molecule has 0 radical (unpaired) electrons. The number of hydrogen-bond donors (Lipinski definition) is 1. The summed E-state index contributed by atoms with van der Waals surface area (Å²) >= 11 is 0. The van der Waals surface area contributed by atoms with Crippen LogP contribution >= 0.6 is 0 Å². The van der Waals surface area contributed by atoms with E-state index in [4.69, 9.17) is 0 Å². The van der Waals surface area contributed by atoms with E-state index in [1.807, 2.05) is 67.3 Å². The minimum absolute atomic E-state index is 0.00418. The maximum Gasteiger partial charge on any atom is 0.225 e. The highest BCUT2D eigenvalue weighted by Gasteiger charge is 2.32. The zero-order valence-electron chi connectivity index (χ0n) is 17.5. The van der Waals surface area contributed by atoms with E-state index in [0.717, 1.165) is 36.8 Å². The second kappa shape index (κ2) is 10.2. The van der Waals surface area contributed by atoms with Crippen LogP contribution in [0.1, 0.15) is 56.7 Å². The molecule has 0 saturated heterocycles. The third kappa shape index (κ3) is 5.69. The van der Waals surface area contributed by atoms with Gasteiger partial charge in [0.25, 0.3) is 0 Å². The molecule has 1 aliphatic carbocycles. The number of benzene rings is 2. The number of carbonyl (C=O) groups is 2. The van der Waals surface area contributed by atoms with Crippen LogP contribution in [0, 0.1) is 11.8 Å². The van der Waals surface area contributed by atoms with Gasteiger partial charge in [0, 0.05) is 24.9 Å². The van der Waals surface area contributed by atoms with E-state index in [2.05, 4.69) is 17.4 Å². The van der Waals surface area contributed by atoms with Crippen molar-refractivity contribution in [3.63, 3.8) is 0 Å². The SMILES string of the molecule is CCN(Cc1ccccc1)C(=O)C1CCC(C(=O)NC(C)c2ccccc2)CC1. The van der Waals surface area contributed by atoms with Crippen molar-refractivity contribution in [3.8, 4) is 0 Å². The van der Waals surface area contributed by atoms with Crippen LogP contribution < -0.4 is 5.32 Å². The average molecular weight is 393 g/mol. The lowest BCUT2D eigenvalue weighted by Crippen LogP contribution is -2.40. The van der Waals surface area contributed by atoms with Crippen LogP contribution in [0.2, 0.25) is 0 Å². The van der Waals surface area contributed by atoms with E-state index in [-0.39, 0.29) is 29.7 Å². The summed E-state index contributed by atoms with van der Waals surface area (Å²) in [6, 6.07) is 20.2. The normalized spacial score (nSPS) is 19.9. The lowest BCUT2D eigenvalue weighted by Gasteiger charge is -2.32. The molecular weight excluding hydrogens is 360 g/mol. The molecule has 1 unspecified atom stereocenters. The summed E-state index contributed by atoms with van der Waals surface area (Å²) in [5.74, 6) is 0.389. The Hall–Kier alpha value is -2.62. The Balaban J connectivity index is 1.50. The topological polar surface area (TPSA) is 49.4 Å². The van der Waals surface area contributed by atoms with E-state index in [1.54, 1.807) is 0 Å². The molecule has 1 atom stereocenters. The number of nitrogens with one attached hydrogen (secondary N) is 1. The van der Waals surface area contributed by atoms with Gasteiger partial charge in [-0.05, 0) is 50.7 Å². The van der Waals surface area contributed by atoms with E-state index in [1.165, 1.54) is 0 Å². The molecule has 0 spiro atoms. The Labute approximate surface area is 174 Å². The lowest BCUT2D eigenvalue weighted by atomic mass is 9.80. The summed E-state index contributed by atoms with van der Waals surface area (Å²) in [6.45, 7) is 5.42. The largest absolute Gasteiger partial charge is 0.349 e. The van der Waals surface area contributed by atoms with Crippen LogP contribution in [0.4, 0.5) is 0 Å². The zero-order valence-corrected chi connectivity index (χ0v) is 17.5. The Bertz CT molecular complexity index is 783. The number of carbonyl (C=O) groups excluding carboxylic acids is 2. The first-order valence-corrected chi connectivity index (χ1v) is 10.8. The van der Waals surface area contributed by atoms with Gasteiger partial charge in [-0.2, -0.15) is 0 Å². The fourth-order valence-electron chi connectivity index (χ4n) is 4.17. The van der Waals surface area contributed by atoms with Crippen molar-refractivity contribution >= 4 is 11.8 Å². The molecule has 1 fully saturated rings. The van der Waals surface area contributed by atoms with Gasteiger partial charge in [-0.3, -0.25) is 9.59 Å². The maximum atomic E-state index is 13.0. The average Bonchev–Trinajstić information content (AvgIpc) is 2.78. The van der Waals surface area contributed by atoms with Crippen molar-refractivity contribution < 1.29 is 9.59 Å². The van der Waals surface area contributed by atoms with E-state index in [0.29, 0.717) is 13.1 Å². The van der Waals surface area contributed by atoms with Crippen LogP contribution in [0.25, 0.3) is 0 Å². The standard InChI is InChI=1S/C25H32N2O2/c1-3-27(18-20-10-6-4-7-11-20)25(29)23-16-14-22(15-17-23)24(28)26-19(2)21-12-8-5-9-13-21/h4-13,19,22-23H,3,14-18H2,1-2H3,(H,26,28). The Morgan fingerprint density at radius 2 is 1.48 bits per heavy atom. The van der Waals surface area contributed by atoms with E-state index in [9.17, 15) is 9.59 Å². The highest BCUT2D eigenvalue weighted by molar-refractivity contribution is 5.81. The molecule has 3 rings (SSSR count). The molecule has 1 N–H and O–H groups in total. The van der Waals surface area contributed by atoms with Crippen LogP contribution in [-0.4, -0.2) is 23.3 Å². The minimum atomic E-state index is 0.00418. The highest BCUT2D eigenvalue weighted by Crippen LogP contribution is 2.31. The molecule has 29 heavy (non-hydrogen) atoms. The van der Waals surface area contributed by atoms with Crippen LogP contribution in [-0.2, 0) is 16.1 Å². The van der Waals surface area contributed by atoms with Crippen molar-refractivity contribution in [2.24, 2.45) is 11.8 Å². The second-order valence-corrected chi connectivity index (χ2v) is 8.03. The molecule has 0 heterocycles. The Morgan fingerprint density at radius 1 is 0.931 bits per heavy atom. The molecular formula is C25H32N2O2. The van der Waals surface area contributed by atoms with Gasteiger partial charge in [0.1, 0.15) is 0 Å². The van der Waals surface area contributed by atoms with Gasteiger partial charge >= 0.3 is 0 Å². The first kappa shape index (κ1) is 21.1. The molecule has 0 aromatic heterocycles. The number of nitrogens with zero attached hydrogens (tertiary/aromatic N) is 1. The van der Waals surface area contributed by atoms with Gasteiger partial charge in [-0.25, -0.2) is 0 Å². The van der Waals surface area contributed by atoms with Crippen LogP contribution in [0.3, 0.4) is 0 Å². The fraction of sp³-hybridized carbons (Fsp3) is 0.440. The Kier molecular flexibility index (Phi) is 7.45. The van der Waals surface area contributed by atoms with Gasteiger partial charge in [-0.15, -0.1) is 0 Å². The zero-order chi connectivity index (χ0) is 20.6. The summed E-state index contributed by atoms with van der Waals surface area (Å²) in [6.07, 6.45) is 3.16. The number of amides is 2. The molecule has 0 aliphatic heterocycles. The smallest absolute Gasteiger partial charge is 0.225 e. The molecule has 2 aromatic rings. The van der Waals surface area contributed by atoms with Gasteiger partial charge in [0.15, 0.2) is 0 Å². The monoisotopic (exact) mass is 392 g/mol. The molecule has 1 aliphatic rings. The minimum Gasteiger partial charge on any atom is -0.349 e. The molecule has 0 bridgehead atoms. The molecule has 2 aromatic carbocycles. The van der Waals surface area contributed by atoms with E-state index < -0.39 is 0 Å². The fourth-order valence-corrected chi connectivity index (χ4v) is 4.17. The van der Waals surface area contributed by atoms with Crippen LogP contribution in [0.15, 0.2) is 60.7 Å². The van der Waals surface area contributed by atoms with Gasteiger partial charge < -0.3 is 10.2 Å². The number of rotatable bonds is 7. The maximum absolute atomic E-state index is 13.0.